The molecule has 1 aromatic rings. The van der Waals surface area contributed by atoms with Crippen LogP contribution in [0.5, 0.6) is 0 Å². The van der Waals surface area contributed by atoms with Crippen LogP contribution in [0.4, 0.5) is 5.69 Å². The number of carbonyl (C=O) groups excluding carboxylic acids is 1. The number of benzene rings is 1. The highest BCUT2D eigenvalue weighted by molar-refractivity contribution is 5.92. The molecule has 1 amide bonds. The summed E-state index contributed by atoms with van der Waals surface area (Å²) in [6.07, 6.45) is 1.87. The molecule has 4 nitrogen and oxygen atoms in total. The van der Waals surface area contributed by atoms with Crippen LogP contribution in [0.15, 0.2) is 24.3 Å². The third-order valence-corrected chi connectivity index (χ3v) is 3.16. The normalized spacial score (nSPS) is 19.4. The molecular formula is C14H17N3O. The predicted molar refractivity (Wildman–Crippen MR) is 70.0 cm³/mol. The van der Waals surface area contributed by atoms with E-state index in [4.69, 9.17) is 5.26 Å². The summed E-state index contributed by atoms with van der Waals surface area (Å²) in [6.45, 7) is 3.12. The highest BCUT2D eigenvalue weighted by Gasteiger charge is 2.25. The Balaban J connectivity index is 1.91. The Hall–Kier alpha value is -1.86. The van der Waals surface area contributed by atoms with Gasteiger partial charge < -0.3 is 5.32 Å². The Morgan fingerprint density at radius 2 is 2.44 bits per heavy atom. The van der Waals surface area contributed by atoms with E-state index in [2.05, 4.69) is 11.4 Å². The molecule has 4 heteroatoms. The molecule has 0 radical (unpaired) electrons. The summed E-state index contributed by atoms with van der Waals surface area (Å²) in [5, 5.41) is 11.8. The second-order valence-corrected chi connectivity index (χ2v) is 4.68. The lowest BCUT2D eigenvalue weighted by Crippen LogP contribution is -2.36. The van der Waals surface area contributed by atoms with Crippen molar-refractivity contribution in [1.29, 1.82) is 5.26 Å². The molecule has 1 heterocycles. The molecule has 0 aromatic heterocycles. The van der Waals surface area contributed by atoms with Gasteiger partial charge in [-0.2, -0.15) is 5.26 Å². The summed E-state index contributed by atoms with van der Waals surface area (Å²) in [6, 6.07) is 9.84. The van der Waals surface area contributed by atoms with E-state index in [-0.39, 0.29) is 11.9 Å². The predicted octanol–water partition coefficient (Wildman–Crippen LogP) is 1.92. The summed E-state index contributed by atoms with van der Waals surface area (Å²) in [4.78, 5) is 13.8. The molecule has 1 aliphatic rings. The lowest BCUT2D eigenvalue weighted by atomic mass is 10.2. The zero-order chi connectivity index (χ0) is 13.0. The van der Waals surface area contributed by atoms with Crippen LogP contribution in [0.2, 0.25) is 0 Å². The molecule has 1 unspecified atom stereocenters. The number of amides is 1. The topological polar surface area (TPSA) is 56.1 Å². The van der Waals surface area contributed by atoms with Crippen molar-refractivity contribution in [3.8, 4) is 6.07 Å². The molecule has 18 heavy (non-hydrogen) atoms. The fourth-order valence-corrected chi connectivity index (χ4v) is 2.27. The highest BCUT2D eigenvalue weighted by Crippen LogP contribution is 2.16. The van der Waals surface area contributed by atoms with E-state index in [0.29, 0.717) is 6.54 Å². The average Bonchev–Trinajstić information content (AvgIpc) is 2.76. The van der Waals surface area contributed by atoms with Crippen molar-refractivity contribution in [1.82, 2.24) is 4.90 Å². The lowest BCUT2D eigenvalue weighted by molar-refractivity contribution is -0.117. The molecule has 1 aromatic carbocycles. The van der Waals surface area contributed by atoms with Crippen LogP contribution in [0, 0.1) is 18.3 Å². The fourth-order valence-electron chi connectivity index (χ4n) is 2.27. The zero-order valence-electron chi connectivity index (χ0n) is 10.5. The number of hydrogen-bond acceptors (Lipinski definition) is 3. The third kappa shape index (κ3) is 3.08. The maximum Gasteiger partial charge on any atom is 0.238 e. The molecule has 1 saturated heterocycles. The number of carbonyl (C=O) groups is 1. The Morgan fingerprint density at radius 3 is 3.17 bits per heavy atom. The molecule has 0 spiro atoms. The molecule has 0 aliphatic carbocycles. The number of aryl methyl sites for hydroxylation is 1. The summed E-state index contributed by atoms with van der Waals surface area (Å²) >= 11 is 0. The van der Waals surface area contributed by atoms with Gasteiger partial charge in [-0.1, -0.05) is 12.1 Å². The van der Waals surface area contributed by atoms with Crippen LogP contribution >= 0.6 is 0 Å². The van der Waals surface area contributed by atoms with E-state index in [0.717, 1.165) is 30.6 Å². The molecule has 1 N–H and O–H groups in total. The molecule has 2 rings (SSSR count). The number of anilines is 1. The van der Waals surface area contributed by atoms with Gasteiger partial charge in [0.2, 0.25) is 5.91 Å². The number of nitrogens with one attached hydrogen (secondary N) is 1. The van der Waals surface area contributed by atoms with Gasteiger partial charge in [-0.15, -0.1) is 0 Å². The minimum atomic E-state index is -0.103. The minimum absolute atomic E-state index is 0.0530. The summed E-state index contributed by atoms with van der Waals surface area (Å²) < 4.78 is 0. The van der Waals surface area contributed by atoms with E-state index < -0.39 is 0 Å². The van der Waals surface area contributed by atoms with Gasteiger partial charge in [0.1, 0.15) is 0 Å². The van der Waals surface area contributed by atoms with Crippen molar-refractivity contribution in [2.75, 3.05) is 18.4 Å². The summed E-state index contributed by atoms with van der Waals surface area (Å²) in [5.41, 5.74) is 1.93. The quantitative estimate of drug-likeness (QED) is 0.882. The smallest absolute Gasteiger partial charge is 0.238 e. The Morgan fingerprint density at radius 1 is 1.61 bits per heavy atom. The van der Waals surface area contributed by atoms with E-state index in [9.17, 15) is 4.79 Å². The van der Waals surface area contributed by atoms with Gasteiger partial charge in [0.25, 0.3) is 0 Å². The molecule has 94 valence electrons. The standard InChI is InChI=1S/C14H17N3O/c1-11-4-2-5-12(8-11)16-14(18)10-17-7-3-6-13(17)9-15/h2,4-5,8,13H,3,6-7,10H2,1H3,(H,16,18). The monoisotopic (exact) mass is 243 g/mol. The van der Waals surface area contributed by atoms with Gasteiger partial charge in [-0.05, 0) is 37.5 Å². The average molecular weight is 243 g/mol. The van der Waals surface area contributed by atoms with Gasteiger partial charge in [-0.3, -0.25) is 9.69 Å². The summed E-state index contributed by atoms with van der Waals surface area (Å²) in [5.74, 6) is -0.0530. The van der Waals surface area contributed by atoms with Crippen molar-refractivity contribution in [2.24, 2.45) is 0 Å². The first kappa shape index (κ1) is 12.6. The van der Waals surface area contributed by atoms with Crippen LogP contribution in [-0.4, -0.2) is 29.9 Å². The largest absolute Gasteiger partial charge is 0.325 e. The van der Waals surface area contributed by atoms with Crippen molar-refractivity contribution in [3.63, 3.8) is 0 Å². The van der Waals surface area contributed by atoms with E-state index in [1.54, 1.807) is 0 Å². The van der Waals surface area contributed by atoms with E-state index in [1.165, 1.54) is 0 Å². The van der Waals surface area contributed by atoms with E-state index in [1.807, 2.05) is 36.1 Å². The van der Waals surface area contributed by atoms with Crippen LogP contribution in [0.1, 0.15) is 18.4 Å². The van der Waals surface area contributed by atoms with Gasteiger partial charge in [0, 0.05) is 12.2 Å². The molecule has 0 saturated carbocycles. The third-order valence-electron chi connectivity index (χ3n) is 3.16. The van der Waals surface area contributed by atoms with E-state index >= 15 is 0 Å². The first-order chi connectivity index (χ1) is 8.69. The molecular weight excluding hydrogens is 226 g/mol. The maximum atomic E-state index is 11.9. The molecule has 1 fully saturated rings. The first-order valence-electron chi connectivity index (χ1n) is 6.19. The molecule has 1 aliphatic heterocycles. The van der Waals surface area contributed by atoms with Gasteiger partial charge in [-0.25, -0.2) is 0 Å². The fraction of sp³-hybridized carbons (Fsp3) is 0.429. The second-order valence-electron chi connectivity index (χ2n) is 4.68. The van der Waals surface area contributed by atoms with Crippen molar-refractivity contribution in [2.45, 2.75) is 25.8 Å². The zero-order valence-corrected chi connectivity index (χ0v) is 10.5. The van der Waals surface area contributed by atoms with Crippen LogP contribution < -0.4 is 5.32 Å². The number of nitrogens with zero attached hydrogens (tertiary/aromatic N) is 2. The number of nitriles is 1. The number of likely N-dealkylation sites (tertiary alicyclic amines) is 1. The Bertz CT molecular complexity index is 478. The first-order valence-corrected chi connectivity index (χ1v) is 6.19. The minimum Gasteiger partial charge on any atom is -0.325 e. The number of hydrogen-bond donors (Lipinski definition) is 1. The van der Waals surface area contributed by atoms with Crippen molar-refractivity contribution >= 4 is 11.6 Å². The Labute approximate surface area is 107 Å². The summed E-state index contributed by atoms with van der Waals surface area (Å²) in [7, 11) is 0. The second kappa shape index (κ2) is 5.65. The lowest BCUT2D eigenvalue weighted by Gasteiger charge is -2.18. The van der Waals surface area contributed by atoms with Crippen LogP contribution in [0.25, 0.3) is 0 Å². The highest BCUT2D eigenvalue weighted by atomic mass is 16.2. The maximum absolute atomic E-state index is 11.9. The molecule has 0 bridgehead atoms. The van der Waals surface area contributed by atoms with Gasteiger partial charge in [0.05, 0.1) is 18.7 Å². The van der Waals surface area contributed by atoms with Gasteiger partial charge >= 0.3 is 0 Å². The number of rotatable bonds is 3. The van der Waals surface area contributed by atoms with Crippen molar-refractivity contribution in [3.05, 3.63) is 29.8 Å². The molecule has 1 atom stereocenters. The Kier molecular flexibility index (Phi) is 3.96. The van der Waals surface area contributed by atoms with Crippen LogP contribution in [-0.2, 0) is 4.79 Å². The van der Waals surface area contributed by atoms with Crippen molar-refractivity contribution < 1.29 is 4.79 Å². The SMILES string of the molecule is Cc1cccc(NC(=O)CN2CCCC2C#N)c1. The van der Waals surface area contributed by atoms with Gasteiger partial charge in [0.15, 0.2) is 0 Å². The van der Waals surface area contributed by atoms with Crippen LogP contribution in [0.3, 0.4) is 0 Å².